The predicted octanol–water partition coefficient (Wildman–Crippen LogP) is 1.30. The molecule has 1 aromatic rings. The van der Waals surface area contributed by atoms with Gasteiger partial charge in [0.1, 0.15) is 6.04 Å². The van der Waals surface area contributed by atoms with Crippen LogP contribution in [0, 0.1) is 13.8 Å². The van der Waals surface area contributed by atoms with E-state index in [-0.39, 0.29) is 0 Å². The number of aryl methyl sites for hydroxylation is 1. The summed E-state index contributed by atoms with van der Waals surface area (Å²) in [6, 6.07) is 4.42. The van der Waals surface area contributed by atoms with Crippen LogP contribution in [-0.4, -0.2) is 18.0 Å². The summed E-state index contributed by atoms with van der Waals surface area (Å²) < 4.78 is 0. The Bertz CT molecular complexity index is 443. The average Bonchev–Trinajstić information content (AvgIpc) is 2.23. The van der Waals surface area contributed by atoms with E-state index in [4.69, 9.17) is 5.73 Å². The number of benzene rings is 1. The molecule has 1 aromatic carbocycles. The zero-order valence-electron chi connectivity index (χ0n) is 10.2. The molecular formula is C12H17N3O2. The van der Waals surface area contributed by atoms with Crippen LogP contribution in [0.5, 0.6) is 0 Å². The minimum absolute atomic E-state index is 0.446. The number of amides is 3. The Labute approximate surface area is 100 Å². The first-order chi connectivity index (χ1) is 7.91. The first-order valence-electron chi connectivity index (χ1n) is 5.35. The summed E-state index contributed by atoms with van der Waals surface area (Å²) in [4.78, 5) is 22.0. The summed E-state index contributed by atoms with van der Waals surface area (Å²) >= 11 is 0. The van der Waals surface area contributed by atoms with Crippen molar-refractivity contribution in [1.82, 2.24) is 5.32 Å². The van der Waals surface area contributed by atoms with Gasteiger partial charge in [0, 0.05) is 5.69 Å². The monoisotopic (exact) mass is 235 g/mol. The van der Waals surface area contributed by atoms with Gasteiger partial charge in [0.05, 0.1) is 0 Å². The van der Waals surface area contributed by atoms with Crippen LogP contribution in [0.4, 0.5) is 10.5 Å². The van der Waals surface area contributed by atoms with Gasteiger partial charge >= 0.3 is 6.03 Å². The molecule has 0 unspecified atom stereocenters. The number of imide groups is 1. The maximum absolute atomic E-state index is 11.5. The number of hydrogen-bond acceptors (Lipinski definition) is 3. The average molecular weight is 235 g/mol. The number of primary amides is 1. The van der Waals surface area contributed by atoms with Gasteiger partial charge in [0.15, 0.2) is 0 Å². The smallest absolute Gasteiger partial charge is 0.318 e. The largest absolute Gasteiger partial charge is 0.374 e. The highest BCUT2D eigenvalue weighted by Crippen LogP contribution is 2.18. The lowest BCUT2D eigenvalue weighted by Crippen LogP contribution is -2.43. The highest BCUT2D eigenvalue weighted by molar-refractivity contribution is 5.97. The van der Waals surface area contributed by atoms with Crippen molar-refractivity contribution in [2.45, 2.75) is 26.8 Å². The fraction of sp³-hybridized carbons (Fsp3) is 0.333. The van der Waals surface area contributed by atoms with E-state index in [0.29, 0.717) is 0 Å². The third kappa shape index (κ3) is 3.48. The topological polar surface area (TPSA) is 84.2 Å². The summed E-state index contributed by atoms with van der Waals surface area (Å²) in [5.74, 6) is -0.446. The highest BCUT2D eigenvalue weighted by atomic mass is 16.2. The zero-order chi connectivity index (χ0) is 13.0. The number of anilines is 1. The fourth-order valence-corrected chi connectivity index (χ4v) is 1.44. The summed E-state index contributed by atoms with van der Waals surface area (Å²) in [6.45, 7) is 5.63. The number of hydrogen-bond donors (Lipinski definition) is 3. The molecule has 5 heteroatoms. The third-order valence-corrected chi connectivity index (χ3v) is 2.62. The summed E-state index contributed by atoms with van der Waals surface area (Å²) in [5.41, 5.74) is 7.96. The standard InChI is InChI=1S/C12H17N3O2/c1-7-5-4-6-10(8(7)2)14-9(3)11(16)15-12(13)17/h4-6,9,14H,1-3H3,(H3,13,15,16,17)/t9-/m0/s1. The van der Waals surface area contributed by atoms with Crippen molar-refractivity contribution in [2.75, 3.05) is 5.32 Å². The Balaban J connectivity index is 2.74. The molecule has 0 aromatic heterocycles. The van der Waals surface area contributed by atoms with E-state index < -0.39 is 18.0 Å². The lowest BCUT2D eigenvalue weighted by molar-refractivity contribution is -0.120. The SMILES string of the molecule is Cc1cccc(N[C@@H](C)C(=O)NC(N)=O)c1C. The van der Waals surface area contributed by atoms with Gasteiger partial charge in [-0.1, -0.05) is 12.1 Å². The van der Waals surface area contributed by atoms with Crippen molar-refractivity contribution in [2.24, 2.45) is 5.73 Å². The normalized spacial score (nSPS) is 11.7. The molecule has 5 nitrogen and oxygen atoms in total. The molecule has 3 amide bonds. The summed E-state index contributed by atoms with van der Waals surface area (Å²) in [7, 11) is 0. The van der Waals surface area contributed by atoms with Crippen LogP contribution in [0.2, 0.25) is 0 Å². The van der Waals surface area contributed by atoms with Crippen molar-refractivity contribution in [1.29, 1.82) is 0 Å². The van der Waals surface area contributed by atoms with Gasteiger partial charge < -0.3 is 11.1 Å². The van der Waals surface area contributed by atoms with Gasteiger partial charge in [0.25, 0.3) is 0 Å². The molecule has 0 radical (unpaired) electrons. The molecule has 0 aliphatic rings. The Morgan fingerprint density at radius 1 is 1.29 bits per heavy atom. The molecule has 0 saturated carbocycles. The number of carbonyl (C=O) groups excluding carboxylic acids is 2. The van der Waals surface area contributed by atoms with Crippen molar-refractivity contribution >= 4 is 17.6 Å². The van der Waals surface area contributed by atoms with E-state index in [1.807, 2.05) is 37.4 Å². The van der Waals surface area contributed by atoms with E-state index in [2.05, 4.69) is 5.32 Å². The molecule has 0 saturated heterocycles. The van der Waals surface area contributed by atoms with E-state index in [1.165, 1.54) is 0 Å². The van der Waals surface area contributed by atoms with Crippen molar-refractivity contribution in [3.63, 3.8) is 0 Å². The van der Waals surface area contributed by atoms with Gasteiger partial charge in [-0.15, -0.1) is 0 Å². The predicted molar refractivity (Wildman–Crippen MR) is 66.7 cm³/mol. The van der Waals surface area contributed by atoms with Gasteiger partial charge in [-0.3, -0.25) is 10.1 Å². The molecular weight excluding hydrogens is 218 g/mol. The Morgan fingerprint density at radius 3 is 2.53 bits per heavy atom. The van der Waals surface area contributed by atoms with Gasteiger partial charge in [0.2, 0.25) is 5.91 Å². The van der Waals surface area contributed by atoms with Crippen LogP contribution in [0.3, 0.4) is 0 Å². The minimum atomic E-state index is -0.843. The maximum Gasteiger partial charge on any atom is 0.318 e. The van der Waals surface area contributed by atoms with Crippen LogP contribution < -0.4 is 16.4 Å². The first-order valence-corrected chi connectivity index (χ1v) is 5.35. The van der Waals surface area contributed by atoms with Gasteiger partial charge in [-0.2, -0.15) is 0 Å². The number of rotatable bonds is 3. The Morgan fingerprint density at radius 2 is 1.94 bits per heavy atom. The van der Waals surface area contributed by atoms with E-state index >= 15 is 0 Å². The number of urea groups is 1. The minimum Gasteiger partial charge on any atom is -0.374 e. The van der Waals surface area contributed by atoms with E-state index in [0.717, 1.165) is 16.8 Å². The molecule has 1 rings (SSSR count). The second kappa shape index (κ2) is 5.34. The molecule has 1 atom stereocenters. The van der Waals surface area contributed by atoms with Crippen LogP contribution in [0.25, 0.3) is 0 Å². The number of nitrogens with two attached hydrogens (primary N) is 1. The first kappa shape index (κ1) is 13.0. The molecule has 0 aliphatic heterocycles. The number of carbonyl (C=O) groups is 2. The molecule has 92 valence electrons. The fourth-order valence-electron chi connectivity index (χ4n) is 1.44. The molecule has 4 N–H and O–H groups in total. The molecule has 17 heavy (non-hydrogen) atoms. The van der Waals surface area contributed by atoms with Crippen molar-refractivity contribution in [3.05, 3.63) is 29.3 Å². The Hall–Kier alpha value is -2.04. The summed E-state index contributed by atoms with van der Waals surface area (Å²) in [5, 5.41) is 5.07. The van der Waals surface area contributed by atoms with Crippen LogP contribution in [0.1, 0.15) is 18.1 Å². The van der Waals surface area contributed by atoms with Crippen molar-refractivity contribution in [3.8, 4) is 0 Å². The van der Waals surface area contributed by atoms with Crippen LogP contribution in [0.15, 0.2) is 18.2 Å². The molecule has 0 fully saturated rings. The highest BCUT2D eigenvalue weighted by Gasteiger charge is 2.14. The van der Waals surface area contributed by atoms with Crippen molar-refractivity contribution < 1.29 is 9.59 Å². The third-order valence-electron chi connectivity index (χ3n) is 2.62. The molecule has 0 bridgehead atoms. The van der Waals surface area contributed by atoms with Crippen LogP contribution >= 0.6 is 0 Å². The van der Waals surface area contributed by atoms with Gasteiger partial charge in [-0.05, 0) is 38.0 Å². The zero-order valence-corrected chi connectivity index (χ0v) is 10.2. The molecule has 0 heterocycles. The maximum atomic E-state index is 11.5. The van der Waals surface area contributed by atoms with Crippen LogP contribution in [-0.2, 0) is 4.79 Å². The summed E-state index contributed by atoms with van der Waals surface area (Å²) in [6.07, 6.45) is 0. The second-order valence-corrected chi connectivity index (χ2v) is 3.97. The van der Waals surface area contributed by atoms with E-state index in [1.54, 1.807) is 6.92 Å². The second-order valence-electron chi connectivity index (χ2n) is 3.97. The lowest BCUT2D eigenvalue weighted by atomic mass is 10.1. The molecule has 0 spiro atoms. The lowest BCUT2D eigenvalue weighted by Gasteiger charge is -2.16. The number of nitrogens with one attached hydrogen (secondary N) is 2. The van der Waals surface area contributed by atoms with Gasteiger partial charge in [-0.25, -0.2) is 4.79 Å². The molecule has 0 aliphatic carbocycles. The Kier molecular flexibility index (Phi) is 4.09. The van der Waals surface area contributed by atoms with E-state index in [9.17, 15) is 9.59 Å². The quantitative estimate of drug-likeness (QED) is 0.738.